The monoisotopic (exact) mass is 206 g/mol. The van der Waals surface area contributed by atoms with E-state index in [1.54, 1.807) is 6.26 Å². The zero-order valence-corrected chi connectivity index (χ0v) is 9.52. The molecule has 0 N–H and O–H groups in total. The van der Waals surface area contributed by atoms with Gasteiger partial charge in [0.05, 0.1) is 18.5 Å². The van der Waals surface area contributed by atoms with Gasteiger partial charge in [-0.05, 0) is 0 Å². The van der Waals surface area contributed by atoms with Gasteiger partial charge in [0.15, 0.2) is 6.29 Å². The summed E-state index contributed by atoms with van der Waals surface area (Å²) in [6.45, 7) is 7.30. The van der Waals surface area contributed by atoms with Gasteiger partial charge >= 0.3 is 0 Å². The summed E-state index contributed by atoms with van der Waals surface area (Å²) in [5, 5.41) is 0.0404. The normalized spacial score (nSPS) is 32.9. The van der Waals surface area contributed by atoms with E-state index in [4.69, 9.17) is 9.47 Å². The predicted molar refractivity (Wildman–Crippen MR) is 53.0 cm³/mol. The molecule has 0 aromatic carbocycles. The Labute approximate surface area is 82.3 Å². The Hall–Kier alpha value is 0.0700. The van der Waals surface area contributed by atoms with Gasteiger partial charge in [-0.3, -0.25) is 4.21 Å². The van der Waals surface area contributed by atoms with Crippen molar-refractivity contribution in [2.24, 2.45) is 5.41 Å². The van der Waals surface area contributed by atoms with Gasteiger partial charge in [-0.1, -0.05) is 20.8 Å². The van der Waals surface area contributed by atoms with Crippen LogP contribution in [0.5, 0.6) is 0 Å². The van der Waals surface area contributed by atoms with Crippen LogP contribution in [0.2, 0.25) is 0 Å². The highest BCUT2D eigenvalue weighted by Gasteiger charge is 2.32. The molecule has 0 aromatic heterocycles. The summed E-state index contributed by atoms with van der Waals surface area (Å²) >= 11 is 0. The summed E-state index contributed by atoms with van der Waals surface area (Å²) in [4.78, 5) is 0. The molecule has 0 bridgehead atoms. The van der Waals surface area contributed by atoms with E-state index in [9.17, 15) is 4.21 Å². The van der Waals surface area contributed by atoms with E-state index in [-0.39, 0.29) is 17.0 Å². The largest absolute Gasteiger partial charge is 0.351 e. The topological polar surface area (TPSA) is 35.5 Å². The number of hydrogen-bond acceptors (Lipinski definition) is 3. The van der Waals surface area contributed by atoms with Crippen LogP contribution >= 0.6 is 0 Å². The minimum Gasteiger partial charge on any atom is -0.351 e. The maximum atomic E-state index is 11.1. The summed E-state index contributed by atoms with van der Waals surface area (Å²) in [7, 11) is -0.844. The first-order valence-electron chi connectivity index (χ1n) is 4.46. The van der Waals surface area contributed by atoms with E-state index in [0.717, 1.165) is 0 Å². The van der Waals surface area contributed by atoms with Gasteiger partial charge in [-0.15, -0.1) is 0 Å². The summed E-state index contributed by atoms with van der Waals surface area (Å²) in [5.41, 5.74) is 0.000202. The van der Waals surface area contributed by atoms with E-state index in [1.165, 1.54) is 0 Å². The lowest BCUT2D eigenvalue weighted by Crippen LogP contribution is -2.43. The van der Waals surface area contributed by atoms with Crippen LogP contribution in [-0.2, 0) is 20.3 Å². The van der Waals surface area contributed by atoms with Crippen LogP contribution in [0.15, 0.2) is 0 Å². The summed E-state index contributed by atoms with van der Waals surface area (Å²) in [6, 6.07) is 0. The van der Waals surface area contributed by atoms with Crippen molar-refractivity contribution >= 4 is 10.8 Å². The van der Waals surface area contributed by atoms with Crippen LogP contribution in [0.1, 0.15) is 20.8 Å². The fourth-order valence-electron chi connectivity index (χ4n) is 1.18. The highest BCUT2D eigenvalue weighted by Crippen LogP contribution is 2.26. The zero-order chi connectivity index (χ0) is 10.1. The molecule has 0 radical (unpaired) electrons. The van der Waals surface area contributed by atoms with Crippen LogP contribution in [0.4, 0.5) is 0 Å². The third kappa shape index (κ3) is 3.04. The maximum Gasteiger partial charge on any atom is 0.162 e. The molecule has 1 fully saturated rings. The number of ether oxygens (including phenoxy) is 2. The summed E-state index contributed by atoms with van der Waals surface area (Å²) in [5.74, 6) is 0. The van der Waals surface area contributed by atoms with Crippen molar-refractivity contribution in [3.63, 3.8) is 0 Å². The molecule has 0 saturated carbocycles. The molecule has 1 saturated heterocycles. The van der Waals surface area contributed by atoms with Crippen LogP contribution < -0.4 is 0 Å². The second kappa shape index (κ2) is 4.07. The van der Waals surface area contributed by atoms with Crippen molar-refractivity contribution < 1.29 is 13.7 Å². The second-order valence-corrected chi connectivity index (χ2v) is 6.15. The molecular formula is C9H18O3S. The molecule has 0 aliphatic carbocycles. The van der Waals surface area contributed by atoms with Crippen LogP contribution in [0.25, 0.3) is 0 Å². The van der Waals surface area contributed by atoms with E-state index in [1.807, 2.05) is 0 Å². The molecule has 4 heteroatoms. The molecule has 1 aliphatic rings. The van der Waals surface area contributed by atoms with Crippen molar-refractivity contribution in [2.45, 2.75) is 32.3 Å². The Bertz CT molecular complexity index is 190. The lowest BCUT2D eigenvalue weighted by Gasteiger charge is -2.36. The summed E-state index contributed by atoms with van der Waals surface area (Å²) in [6.07, 6.45) is 1.53. The Morgan fingerprint density at radius 2 is 1.69 bits per heavy atom. The lowest BCUT2D eigenvalue weighted by molar-refractivity contribution is -0.221. The van der Waals surface area contributed by atoms with Crippen molar-refractivity contribution in [1.82, 2.24) is 0 Å². The molecule has 3 nitrogen and oxygen atoms in total. The molecular weight excluding hydrogens is 188 g/mol. The molecule has 1 unspecified atom stereocenters. The molecule has 0 spiro atoms. The maximum absolute atomic E-state index is 11.1. The van der Waals surface area contributed by atoms with Gasteiger partial charge in [-0.25, -0.2) is 0 Å². The van der Waals surface area contributed by atoms with E-state index in [0.29, 0.717) is 13.2 Å². The van der Waals surface area contributed by atoms with Crippen molar-refractivity contribution in [2.75, 3.05) is 19.5 Å². The molecule has 1 rings (SSSR count). The Morgan fingerprint density at radius 1 is 1.23 bits per heavy atom. The summed E-state index contributed by atoms with van der Waals surface area (Å²) < 4.78 is 22.1. The smallest absolute Gasteiger partial charge is 0.162 e. The average molecular weight is 206 g/mol. The van der Waals surface area contributed by atoms with E-state index in [2.05, 4.69) is 20.8 Å². The predicted octanol–water partition coefficient (Wildman–Crippen LogP) is 1.15. The quantitative estimate of drug-likeness (QED) is 0.645. The van der Waals surface area contributed by atoms with Crippen molar-refractivity contribution in [3.8, 4) is 0 Å². The zero-order valence-electron chi connectivity index (χ0n) is 8.70. The van der Waals surface area contributed by atoms with E-state index < -0.39 is 10.8 Å². The third-order valence-electron chi connectivity index (χ3n) is 2.04. The number of hydrogen-bond donors (Lipinski definition) is 0. The highest BCUT2D eigenvalue weighted by molar-refractivity contribution is 7.84. The molecule has 0 aromatic rings. The Balaban J connectivity index is 2.44. The first-order valence-corrected chi connectivity index (χ1v) is 6.09. The molecule has 1 heterocycles. The van der Waals surface area contributed by atoms with Gasteiger partial charge in [0.1, 0.15) is 0 Å². The van der Waals surface area contributed by atoms with Gasteiger partial charge in [0.2, 0.25) is 0 Å². The second-order valence-electron chi connectivity index (χ2n) is 4.49. The molecule has 1 atom stereocenters. The molecule has 1 aliphatic heterocycles. The molecule has 13 heavy (non-hydrogen) atoms. The van der Waals surface area contributed by atoms with Crippen LogP contribution in [-0.4, -0.2) is 35.2 Å². The van der Waals surface area contributed by atoms with Crippen molar-refractivity contribution in [1.29, 1.82) is 0 Å². The fraction of sp³-hybridized carbons (Fsp3) is 1.00. The minimum atomic E-state index is -0.844. The Kier molecular flexibility index (Phi) is 3.49. The lowest BCUT2D eigenvalue weighted by atomic mass is 9.95. The van der Waals surface area contributed by atoms with Gasteiger partial charge in [0, 0.05) is 22.5 Å². The standard InChI is InChI=1S/C9H18O3S/c1-9(2,3)8-11-5-7(6-12-8)13(4)10/h7-8H,5-6H2,1-4H3. The first-order chi connectivity index (χ1) is 5.91. The minimum absolute atomic E-state index is 0.000202. The van der Waals surface area contributed by atoms with Gasteiger partial charge < -0.3 is 9.47 Å². The SMILES string of the molecule is CS(=O)C1COC(C(C)(C)C)OC1. The van der Waals surface area contributed by atoms with E-state index >= 15 is 0 Å². The first kappa shape index (κ1) is 11.1. The van der Waals surface area contributed by atoms with Crippen LogP contribution in [0, 0.1) is 5.41 Å². The average Bonchev–Trinajstić information content (AvgIpc) is 2.03. The fourth-order valence-corrected chi connectivity index (χ4v) is 1.72. The third-order valence-corrected chi connectivity index (χ3v) is 3.25. The number of rotatable bonds is 1. The van der Waals surface area contributed by atoms with Gasteiger partial charge in [-0.2, -0.15) is 0 Å². The van der Waals surface area contributed by atoms with Crippen LogP contribution in [0.3, 0.4) is 0 Å². The highest BCUT2D eigenvalue weighted by atomic mass is 32.2. The Morgan fingerprint density at radius 3 is 2.00 bits per heavy atom. The van der Waals surface area contributed by atoms with Gasteiger partial charge in [0.25, 0.3) is 0 Å². The van der Waals surface area contributed by atoms with Crippen molar-refractivity contribution in [3.05, 3.63) is 0 Å². The molecule has 0 amide bonds. The molecule has 78 valence electrons.